The first-order chi connectivity index (χ1) is 13.6. The molecular formula is C21H23BrN2O4. The Balaban J connectivity index is 1.63. The van der Waals surface area contributed by atoms with Crippen LogP contribution in [0.2, 0.25) is 0 Å². The van der Waals surface area contributed by atoms with Crippen molar-refractivity contribution in [2.24, 2.45) is 0 Å². The van der Waals surface area contributed by atoms with Gasteiger partial charge in [-0.25, -0.2) is 0 Å². The van der Waals surface area contributed by atoms with Crippen LogP contribution in [0.15, 0.2) is 46.9 Å². The number of morpholine rings is 1. The SMILES string of the molecule is COc1cc(C=CC(=O)Nc2ccc(N3CCOCC3)cc2)cc(Br)c1OC. The Morgan fingerprint density at radius 3 is 2.50 bits per heavy atom. The summed E-state index contributed by atoms with van der Waals surface area (Å²) in [5, 5.41) is 2.87. The van der Waals surface area contributed by atoms with Gasteiger partial charge in [-0.1, -0.05) is 0 Å². The minimum atomic E-state index is -0.204. The third kappa shape index (κ3) is 5.05. The predicted molar refractivity (Wildman–Crippen MR) is 114 cm³/mol. The van der Waals surface area contributed by atoms with Crippen LogP contribution in [-0.2, 0) is 9.53 Å². The number of anilines is 2. The van der Waals surface area contributed by atoms with Gasteiger partial charge in [0, 0.05) is 30.5 Å². The fourth-order valence-corrected chi connectivity index (χ4v) is 3.59. The summed E-state index contributed by atoms with van der Waals surface area (Å²) in [6, 6.07) is 11.5. The van der Waals surface area contributed by atoms with E-state index in [1.54, 1.807) is 20.3 Å². The van der Waals surface area contributed by atoms with Gasteiger partial charge in [-0.05, 0) is 64.0 Å². The Hall–Kier alpha value is -2.51. The maximum atomic E-state index is 12.2. The van der Waals surface area contributed by atoms with E-state index in [0.717, 1.165) is 47.7 Å². The number of hydrogen-bond donors (Lipinski definition) is 1. The van der Waals surface area contributed by atoms with Crippen molar-refractivity contribution in [3.05, 3.63) is 52.5 Å². The first-order valence-corrected chi connectivity index (χ1v) is 9.73. The van der Waals surface area contributed by atoms with Crippen LogP contribution in [0.3, 0.4) is 0 Å². The van der Waals surface area contributed by atoms with E-state index in [0.29, 0.717) is 11.5 Å². The van der Waals surface area contributed by atoms with Gasteiger partial charge in [-0.3, -0.25) is 4.79 Å². The Bertz CT molecular complexity index is 846. The molecule has 7 heteroatoms. The minimum absolute atomic E-state index is 0.204. The second-order valence-electron chi connectivity index (χ2n) is 6.21. The summed E-state index contributed by atoms with van der Waals surface area (Å²) in [6.45, 7) is 3.26. The number of carbonyl (C=O) groups excluding carboxylic acids is 1. The van der Waals surface area contributed by atoms with E-state index in [1.165, 1.54) is 6.08 Å². The molecule has 0 radical (unpaired) electrons. The van der Waals surface area contributed by atoms with Crippen LogP contribution in [0.1, 0.15) is 5.56 Å². The van der Waals surface area contributed by atoms with Crippen molar-refractivity contribution >= 4 is 39.3 Å². The van der Waals surface area contributed by atoms with E-state index in [-0.39, 0.29) is 5.91 Å². The van der Waals surface area contributed by atoms with Crippen molar-refractivity contribution in [2.75, 3.05) is 50.7 Å². The van der Waals surface area contributed by atoms with Crippen LogP contribution in [0.25, 0.3) is 6.08 Å². The summed E-state index contributed by atoms with van der Waals surface area (Å²) in [6.07, 6.45) is 3.22. The van der Waals surface area contributed by atoms with Gasteiger partial charge in [0.1, 0.15) is 0 Å². The van der Waals surface area contributed by atoms with E-state index in [4.69, 9.17) is 14.2 Å². The molecule has 28 heavy (non-hydrogen) atoms. The van der Waals surface area contributed by atoms with Gasteiger partial charge >= 0.3 is 0 Å². The third-order valence-corrected chi connectivity index (χ3v) is 4.98. The zero-order valence-electron chi connectivity index (χ0n) is 15.9. The average Bonchev–Trinajstić information content (AvgIpc) is 2.73. The summed E-state index contributed by atoms with van der Waals surface area (Å²) >= 11 is 3.45. The van der Waals surface area contributed by atoms with E-state index in [2.05, 4.69) is 26.1 Å². The maximum Gasteiger partial charge on any atom is 0.248 e. The molecule has 1 aliphatic heterocycles. The first kappa shape index (κ1) is 20.2. The molecular weight excluding hydrogens is 424 g/mol. The molecule has 2 aromatic rings. The molecule has 6 nitrogen and oxygen atoms in total. The Morgan fingerprint density at radius 2 is 1.86 bits per heavy atom. The summed E-state index contributed by atoms with van der Waals surface area (Å²) in [7, 11) is 3.15. The molecule has 1 heterocycles. The molecule has 0 aliphatic carbocycles. The maximum absolute atomic E-state index is 12.2. The highest BCUT2D eigenvalue weighted by molar-refractivity contribution is 9.10. The van der Waals surface area contributed by atoms with Crippen LogP contribution in [0.5, 0.6) is 11.5 Å². The van der Waals surface area contributed by atoms with Gasteiger partial charge in [0.2, 0.25) is 5.91 Å². The van der Waals surface area contributed by atoms with Crippen LogP contribution >= 0.6 is 15.9 Å². The van der Waals surface area contributed by atoms with Crippen LogP contribution < -0.4 is 19.7 Å². The first-order valence-electron chi connectivity index (χ1n) is 8.94. The highest BCUT2D eigenvalue weighted by Crippen LogP contribution is 2.36. The van der Waals surface area contributed by atoms with Crippen molar-refractivity contribution < 1.29 is 19.0 Å². The number of halogens is 1. The molecule has 0 atom stereocenters. The number of methoxy groups -OCH3 is 2. The van der Waals surface area contributed by atoms with Crippen molar-refractivity contribution in [3.63, 3.8) is 0 Å². The lowest BCUT2D eigenvalue weighted by molar-refractivity contribution is -0.111. The number of hydrogen-bond acceptors (Lipinski definition) is 5. The molecule has 148 valence electrons. The van der Waals surface area contributed by atoms with Gasteiger partial charge in [-0.15, -0.1) is 0 Å². The lowest BCUT2D eigenvalue weighted by Gasteiger charge is -2.28. The summed E-state index contributed by atoms with van der Waals surface area (Å²) in [5.74, 6) is 1.00. The number of amides is 1. The Morgan fingerprint density at radius 1 is 1.14 bits per heavy atom. The number of ether oxygens (including phenoxy) is 3. The standard InChI is InChI=1S/C21H23BrN2O4/c1-26-19-14-15(13-18(22)21(19)27-2)3-8-20(25)23-16-4-6-17(7-5-16)24-9-11-28-12-10-24/h3-8,13-14H,9-12H2,1-2H3,(H,23,25). The number of nitrogens with one attached hydrogen (secondary N) is 1. The number of carbonyl (C=O) groups is 1. The van der Waals surface area contributed by atoms with Crippen LogP contribution in [0.4, 0.5) is 11.4 Å². The molecule has 0 unspecified atom stereocenters. The molecule has 0 saturated carbocycles. The summed E-state index contributed by atoms with van der Waals surface area (Å²) < 4.78 is 16.7. The molecule has 3 rings (SSSR count). The largest absolute Gasteiger partial charge is 0.493 e. The molecule has 1 aliphatic rings. The molecule has 0 bridgehead atoms. The summed E-state index contributed by atoms with van der Waals surface area (Å²) in [5.41, 5.74) is 2.70. The number of rotatable bonds is 6. The highest BCUT2D eigenvalue weighted by Gasteiger charge is 2.11. The Labute approximate surface area is 173 Å². The fourth-order valence-electron chi connectivity index (χ4n) is 2.97. The van der Waals surface area contributed by atoms with Crippen molar-refractivity contribution in [2.45, 2.75) is 0 Å². The van der Waals surface area contributed by atoms with Gasteiger partial charge in [-0.2, -0.15) is 0 Å². The lowest BCUT2D eigenvalue weighted by Crippen LogP contribution is -2.36. The summed E-state index contributed by atoms with van der Waals surface area (Å²) in [4.78, 5) is 14.5. The zero-order valence-corrected chi connectivity index (χ0v) is 17.5. The molecule has 0 aromatic heterocycles. The highest BCUT2D eigenvalue weighted by atomic mass is 79.9. The topological polar surface area (TPSA) is 60.0 Å². The molecule has 1 saturated heterocycles. The van der Waals surface area contributed by atoms with Gasteiger partial charge in [0.05, 0.1) is 31.9 Å². The van der Waals surface area contributed by atoms with E-state index in [1.807, 2.05) is 36.4 Å². The van der Waals surface area contributed by atoms with Gasteiger partial charge in [0.15, 0.2) is 11.5 Å². The molecule has 1 N–H and O–H groups in total. The van der Waals surface area contributed by atoms with Crippen LogP contribution in [0, 0.1) is 0 Å². The number of nitrogens with zero attached hydrogens (tertiary/aromatic N) is 1. The van der Waals surface area contributed by atoms with E-state index >= 15 is 0 Å². The van der Waals surface area contributed by atoms with Crippen molar-refractivity contribution in [1.82, 2.24) is 0 Å². The Kier molecular flexibility index (Phi) is 6.95. The molecule has 1 amide bonds. The third-order valence-electron chi connectivity index (χ3n) is 4.39. The van der Waals surface area contributed by atoms with E-state index < -0.39 is 0 Å². The van der Waals surface area contributed by atoms with Gasteiger partial charge in [0.25, 0.3) is 0 Å². The zero-order chi connectivity index (χ0) is 19.9. The normalized spacial score (nSPS) is 14.2. The molecule has 0 spiro atoms. The fraction of sp³-hybridized carbons (Fsp3) is 0.286. The monoisotopic (exact) mass is 446 g/mol. The lowest BCUT2D eigenvalue weighted by atomic mass is 10.2. The minimum Gasteiger partial charge on any atom is -0.493 e. The van der Waals surface area contributed by atoms with Crippen LogP contribution in [-0.4, -0.2) is 46.4 Å². The predicted octanol–water partition coefficient (Wildman–Crippen LogP) is 3.95. The second kappa shape index (κ2) is 9.61. The average molecular weight is 447 g/mol. The van der Waals surface area contributed by atoms with Gasteiger partial charge < -0.3 is 24.4 Å². The smallest absolute Gasteiger partial charge is 0.248 e. The van der Waals surface area contributed by atoms with Crippen molar-refractivity contribution in [1.29, 1.82) is 0 Å². The second-order valence-corrected chi connectivity index (χ2v) is 7.06. The van der Waals surface area contributed by atoms with Crippen molar-refractivity contribution in [3.8, 4) is 11.5 Å². The molecule has 1 fully saturated rings. The number of benzene rings is 2. The quantitative estimate of drug-likeness (QED) is 0.680. The van der Waals surface area contributed by atoms with E-state index in [9.17, 15) is 4.79 Å². The molecule has 2 aromatic carbocycles.